The highest BCUT2D eigenvalue weighted by molar-refractivity contribution is 7.89. The lowest BCUT2D eigenvalue weighted by Gasteiger charge is -2.21. The Labute approximate surface area is 148 Å². The van der Waals surface area contributed by atoms with Gasteiger partial charge in [-0.05, 0) is 44.9 Å². The molecule has 0 aliphatic heterocycles. The summed E-state index contributed by atoms with van der Waals surface area (Å²) in [5.74, 6) is -1.44. The lowest BCUT2D eigenvalue weighted by Crippen LogP contribution is -2.41. The second-order valence-electron chi connectivity index (χ2n) is 6.76. The molecule has 0 saturated carbocycles. The van der Waals surface area contributed by atoms with E-state index in [2.05, 4.69) is 10.0 Å². The molecule has 0 fully saturated rings. The Hall–Kier alpha value is -1.22. The van der Waals surface area contributed by atoms with Crippen molar-refractivity contribution in [2.24, 2.45) is 11.7 Å². The van der Waals surface area contributed by atoms with E-state index in [1.807, 2.05) is 0 Å². The number of amides is 1. The molecule has 1 aromatic rings. The van der Waals surface area contributed by atoms with Crippen molar-refractivity contribution in [3.63, 3.8) is 0 Å². The minimum atomic E-state index is -4.05. The first-order valence-electron chi connectivity index (χ1n) is 7.23. The van der Waals surface area contributed by atoms with Crippen molar-refractivity contribution in [1.29, 1.82) is 0 Å². The van der Waals surface area contributed by atoms with Gasteiger partial charge in [0.1, 0.15) is 10.7 Å². The minimum absolute atomic E-state index is 0. The zero-order chi connectivity index (χ0) is 18.0. The van der Waals surface area contributed by atoms with Crippen molar-refractivity contribution in [1.82, 2.24) is 4.72 Å². The number of carbonyl (C=O) groups excluding carboxylic acids is 1. The molecule has 24 heavy (non-hydrogen) atoms. The average molecular weight is 382 g/mol. The fourth-order valence-corrected chi connectivity index (χ4v) is 3.30. The molecule has 9 heteroatoms. The van der Waals surface area contributed by atoms with Crippen molar-refractivity contribution in [2.75, 3.05) is 5.32 Å². The molecule has 0 aliphatic rings. The highest BCUT2D eigenvalue weighted by Gasteiger charge is 2.26. The molecule has 0 spiro atoms. The van der Waals surface area contributed by atoms with Crippen LogP contribution in [0.1, 0.15) is 34.6 Å². The van der Waals surface area contributed by atoms with Gasteiger partial charge in [-0.2, -0.15) is 0 Å². The summed E-state index contributed by atoms with van der Waals surface area (Å²) >= 11 is 0. The van der Waals surface area contributed by atoms with E-state index in [4.69, 9.17) is 5.73 Å². The Morgan fingerprint density at radius 2 is 1.79 bits per heavy atom. The van der Waals surface area contributed by atoms with Crippen LogP contribution in [-0.4, -0.2) is 25.9 Å². The maximum atomic E-state index is 13.9. The molecule has 0 bridgehead atoms. The monoisotopic (exact) mass is 381 g/mol. The van der Waals surface area contributed by atoms with Crippen LogP contribution in [0.4, 0.5) is 10.1 Å². The highest BCUT2D eigenvalue weighted by Crippen LogP contribution is 2.21. The third-order valence-electron chi connectivity index (χ3n) is 2.95. The smallest absolute Gasteiger partial charge is 0.244 e. The summed E-state index contributed by atoms with van der Waals surface area (Å²) < 4.78 is 40.8. The molecule has 0 aromatic heterocycles. The van der Waals surface area contributed by atoms with Gasteiger partial charge < -0.3 is 11.1 Å². The molecule has 6 nitrogen and oxygen atoms in total. The summed E-state index contributed by atoms with van der Waals surface area (Å²) in [5.41, 5.74) is 5.14. The molecular formula is C15H25ClFN3O3S. The third-order valence-corrected chi connectivity index (χ3v) is 4.72. The standard InChI is InChI=1S/C15H24FN3O3S.ClH/c1-9(2)13(17)14(20)18-10-6-7-11(16)12(8-10)23(21,22)19-15(3,4)5;/h6-9,13,19H,17H2,1-5H3,(H,18,20);1H/t13-;/m0./s1. The van der Waals surface area contributed by atoms with Crippen LogP contribution in [0.25, 0.3) is 0 Å². The van der Waals surface area contributed by atoms with Crippen LogP contribution in [0.2, 0.25) is 0 Å². The maximum Gasteiger partial charge on any atom is 0.244 e. The van der Waals surface area contributed by atoms with Crippen molar-refractivity contribution >= 4 is 34.0 Å². The van der Waals surface area contributed by atoms with Crippen molar-refractivity contribution < 1.29 is 17.6 Å². The van der Waals surface area contributed by atoms with E-state index < -0.39 is 38.2 Å². The number of nitrogens with one attached hydrogen (secondary N) is 2. The molecule has 0 aliphatic carbocycles. The first-order valence-corrected chi connectivity index (χ1v) is 8.72. The molecule has 1 aromatic carbocycles. The fourth-order valence-electron chi connectivity index (χ4n) is 1.77. The van der Waals surface area contributed by atoms with E-state index in [-0.39, 0.29) is 24.0 Å². The van der Waals surface area contributed by atoms with Crippen LogP contribution >= 0.6 is 12.4 Å². The van der Waals surface area contributed by atoms with E-state index >= 15 is 0 Å². The number of halogens is 2. The van der Waals surface area contributed by atoms with Gasteiger partial charge in [-0.25, -0.2) is 17.5 Å². The minimum Gasteiger partial charge on any atom is -0.325 e. The summed E-state index contributed by atoms with van der Waals surface area (Å²) in [6.07, 6.45) is 0. The number of hydrogen-bond acceptors (Lipinski definition) is 4. The zero-order valence-corrected chi connectivity index (χ0v) is 16.0. The normalized spacial score (nSPS) is 13.3. The summed E-state index contributed by atoms with van der Waals surface area (Å²) in [7, 11) is -4.05. The van der Waals surface area contributed by atoms with Gasteiger partial charge in [0.25, 0.3) is 0 Å². The number of sulfonamides is 1. The molecule has 1 rings (SSSR count). The second-order valence-corrected chi connectivity index (χ2v) is 8.41. The Morgan fingerprint density at radius 3 is 2.25 bits per heavy atom. The van der Waals surface area contributed by atoms with Gasteiger partial charge in [0.05, 0.1) is 6.04 Å². The van der Waals surface area contributed by atoms with Crippen LogP contribution in [0.5, 0.6) is 0 Å². The average Bonchev–Trinajstić information content (AvgIpc) is 2.36. The van der Waals surface area contributed by atoms with Crippen molar-refractivity contribution in [3.8, 4) is 0 Å². The van der Waals surface area contributed by atoms with Crippen molar-refractivity contribution in [3.05, 3.63) is 24.0 Å². The summed E-state index contributed by atoms with van der Waals surface area (Å²) in [6, 6.07) is 2.62. The largest absolute Gasteiger partial charge is 0.325 e. The van der Waals surface area contributed by atoms with Gasteiger partial charge >= 0.3 is 0 Å². The van der Waals surface area contributed by atoms with Crippen LogP contribution in [0, 0.1) is 11.7 Å². The number of anilines is 1. The summed E-state index contributed by atoms with van der Waals surface area (Å²) in [4.78, 5) is 11.4. The molecule has 138 valence electrons. The highest BCUT2D eigenvalue weighted by atomic mass is 35.5. The zero-order valence-electron chi connectivity index (χ0n) is 14.4. The Morgan fingerprint density at radius 1 is 1.25 bits per heavy atom. The predicted molar refractivity (Wildman–Crippen MR) is 95.2 cm³/mol. The van der Waals surface area contributed by atoms with E-state index in [9.17, 15) is 17.6 Å². The molecule has 0 radical (unpaired) electrons. The molecule has 1 amide bonds. The number of benzene rings is 1. The SMILES string of the molecule is CC(C)[C@H](N)C(=O)Nc1ccc(F)c(S(=O)(=O)NC(C)(C)C)c1.Cl. The predicted octanol–water partition coefficient (Wildman–Crippen LogP) is 2.25. The van der Waals surface area contributed by atoms with Crippen LogP contribution < -0.4 is 15.8 Å². The van der Waals surface area contributed by atoms with E-state index in [1.54, 1.807) is 34.6 Å². The Balaban J connectivity index is 0.00000529. The lowest BCUT2D eigenvalue weighted by molar-refractivity contribution is -0.118. The number of rotatable bonds is 5. The molecule has 4 N–H and O–H groups in total. The van der Waals surface area contributed by atoms with Gasteiger partial charge in [-0.1, -0.05) is 13.8 Å². The van der Waals surface area contributed by atoms with Gasteiger partial charge in [0, 0.05) is 11.2 Å². The summed E-state index contributed by atoms with van der Waals surface area (Å²) in [5, 5.41) is 2.50. The fraction of sp³-hybridized carbons (Fsp3) is 0.533. The number of hydrogen-bond donors (Lipinski definition) is 3. The topological polar surface area (TPSA) is 101 Å². The number of nitrogens with two attached hydrogens (primary N) is 1. The van der Waals surface area contributed by atoms with Crippen LogP contribution in [-0.2, 0) is 14.8 Å². The van der Waals surface area contributed by atoms with Gasteiger partial charge in [-0.3, -0.25) is 4.79 Å². The van der Waals surface area contributed by atoms with E-state index in [1.165, 1.54) is 6.07 Å². The molecular weight excluding hydrogens is 357 g/mol. The first-order chi connectivity index (χ1) is 10.3. The third kappa shape index (κ3) is 6.35. The molecule has 0 heterocycles. The first kappa shape index (κ1) is 22.8. The van der Waals surface area contributed by atoms with Crippen LogP contribution in [0.3, 0.4) is 0 Å². The summed E-state index contributed by atoms with van der Waals surface area (Å²) in [6.45, 7) is 8.53. The van der Waals surface area contributed by atoms with E-state index in [0.717, 1.165) is 12.1 Å². The van der Waals surface area contributed by atoms with Crippen molar-refractivity contribution in [2.45, 2.75) is 51.1 Å². The number of carbonyl (C=O) groups is 1. The Bertz CT molecular complexity index is 688. The Kier molecular flexibility index (Phi) is 7.82. The molecule has 0 saturated heterocycles. The lowest BCUT2D eigenvalue weighted by atomic mass is 10.1. The van der Waals surface area contributed by atoms with E-state index in [0.29, 0.717) is 0 Å². The van der Waals surface area contributed by atoms with Gasteiger partial charge in [0.15, 0.2) is 0 Å². The van der Waals surface area contributed by atoms with Gasteiger partial charge in [0.2, 0.25) is 15.9 Å². The van der Waals surface area contributed by atoms with Gasteiger partial charge in [-0.15, -0.1) is 12.4 Å². The quantitative estimate of drug-likeness (QED) is 0.727. The molecule has 0 unspecified atom stereocenters. The second kappa shape index (κ2) is 8.24. The van der Waals surface area contributed by atoms with Crippen LogP contribution in [0.15, 0.2) is 23.1 Å². The molecule has 1 atom stereocenters. The maximum absolute atomic E-state index is 13.9.